The second kappa shape index (κ2) is 12.4. The van der Waals surface area contributed by atoms with E-state index < -0.39 is 0 Å². The molecule has 0 aromatic heterocycles. The quantitative estimate of drug-likeness (QED) is 0.222. The Morgan fingerprint density at radius 2 is 1.15 bits per heavy atom. The van der Waals surface area contributed by atoms with Crippen molar-refractivity contribution in [1.82, 2.24) is 0 Å². The van der Waals surface area contributed by atoms with Crippen LogP contribution in [0.3, 0.4) is 0 Å². The van der Waals surface area contributed by atoms with Crippen molar-refractivity contribution in [1.29, 1.82) is 0 Å². The average molecular weight is 429 g/mol. The summed E-state index contributed by atoms with van der Waals surface area (Å²) >= 11 is 0. The topological polar surface area (TPSA) is 0 Å². The van der Waals surface area contributed by atoms with Crippen molar-refractivity contribution in [3.05, 3.63) is 161 Å². The predicted molar refractivity (Wildman–Crippen MR) is 142 cm³/mol. The van der Waals surface area contributed by atoms with E-state index in [4.69, 9.17) is 0 Å². The molecule has 0 nitrogen and oxygen atoms in total. The first-order chi connectivity index (χ1) is 16.4. The lowest BCUT2D eigenvalue weighted by Crippen LogP contribution is -2.00. The molecule has 1 unspecified atom stereocenters. The highest BCUT2D eigenvalue weighted by atomic mass is 14.2. The predicted octanol–water partition coefficient (Wildman–Crippen LogP) is 8.68. The highest BCUT2D eigenvalue weighted by molar-refractivity contribution is 5.53. The van der Waals surface area contributed by atoms with E-state index in [2.05, 4.69) is 140 Å². The summed E-state index contributed by atoms with van der Waals surface area (Å²) in [5.74, 6) is 0.362. The summed E-state index contributed by atoms with van der Waals surface area (Å²) in [4.78, 5) is 0. The average Bonchev–Trinajstić information content (AvgIpc) is 2.89. The molecule has 0 spiro atoms. The van der Waals surface area contributed by atoms with Crippen molar-refractivity contribution >= 4 is 6.08 Å². The van der Waals surface area contributed by atoms with Gasteiger partial charge in [0.1, 0.15) is 0 Å². The van der Waals surface area contributed by atoms with Gasteiger partial charge < -0.3 is 0 Å². The molecule has 4 rings (SSSR count). The Labute approximate surface area is 199 Å². The monoisotopic (exact) mass is 428 g/mol. The molecule has 0 aliphatic rings. The zero-order valence-electron chi connectivity index (χ0n) is 19.2. The van der Waals surface area contributed by atoms with Crippen LogP contribution in [0.2, 0.25) is 0 Å². The Balaban J connectivity index is 1.56. The molecular weight excluding hydrogens is 396 g/mol. The summed E-state index contributed by atoms with van der Waals surface area (Å²) in [6, 6.07) is 43.2. The molecule has 0 radical (unpaired) electrons. The van der Waals surface area contributed by atoms with Crippen molar-refractivity contribution in [2.24, 2.45) is 0 Å². The Kier molecular flexibility index (Phi) is 8.48. The van der Waals surface area contributed by atoms with Crippen LogP contribution in [0.15, 0.2) is 139 Å². The molecule has 1 atom stereocenters. The number of hydrogen-bond acceptors (Lipinski definition) is 0. The maximum atomic E-state index is 2.41. The second-order valence-corrected chi connectivity index (χ2v) is 8.54. The van der Waals surface area contributed by atoms with E-state index in [-0.39, 0.29) is 0 Å². The van der Waals surface area contributed by atoms with Gasteiger partial charge >= 0.3 is 0 Å². The van der Waals surface area contributed by atoms with Crippen LogP contribution in [-0.4, -0.2) is 0 Å². The van der Waals surface area contributed by atoms with Crippen LogP contribution in [0.1, 0.15) is 41.0 Å². The van der Waals surface area contributed by atoms with Gasteiger partial charge in [-0.3, -0.25) is 0 Å². The van der Waals surface area contributed by atoms with Crippen molar-refractivity contribution in [2.45, 2.75) is 31.6 Å². The molecule has 0 fully saturated rings. The van der Waals surface area contributed by atoms with Crippen molar-refractivity contribution in [3.8, 4) is 0 Å². The largest absolute Gasteiger partial charge is 0.0835 e. The Morgan fingerprint density at radius 1 is 0.606 bits per heavy atom. The summed E-state index contributed by atoms with van der Waals surface area (Å²) in [6.45, 7) is 0. The van der Waals surface area contributed by atoms with E-state index in [9.17, 15) is 0 Å². The van der Waals surface area contributed by atoms with Crippen LogP contribution in [0.25, 0.3) is 6.08 Å². The summed E-state index contributed by atoms with van der Waals surface area (Å²) < 4.78 is 0. The minimum absolute atomic E-state index is 0.362. The third kappa shape index (κ3) is 7.47. The number of benzene rings is 4. The van der Waals surface area contributed by atoms with E-state index in [0.717, 1.165) is 25.7 Å². The van der Waals surface area contributed by atoms with E-state index in [1.54, 1.807) is 0 Å². The molecule has 0 aliphatic carbocycles. The molecule has 0 saturated heterocycles. The fourth-order valence-electron chi connectivity index (χ4n) is 4.23. The summed E-state index contributed by atoms with van der Waals surface area (Å²) in [5.41, 5.74) is 6.89. The van der Waals surface area contributed by atoms with Crippen molar-refractivity contribution in [2.75, 3.05) is 0 Å². The molecule has 33 heavy (non-hydrogen) atoms. The van der Waals surface area contributed by atoms with E-state index in [1.807, 2.05) is 0 Å². The highest BCUT2D eigenvalue weighted by Gasteiger charge is 2.11. The van der Waals surface area contributed by atoms with Crippen LogP contribution < -0.4 is 0 Å². The normalized spacial score (nSPS) is 12.7. The summed E-state index contributed by atoms with van der Waals surface area (Å²) in [7, 11) is 0. The molecule has 0 N–H and O–H groups in total. The van der Waals surface area contributed by atoms with Gasteiger partial charge in [-0.1, -0.05) is 145 Å². The lowest BCUT2D eigenvalue weighted by Gasteiger charge is -2.17. The van der Waals surface area contributed by atoms with Crippen LogP contribution in [-0.2, 0) is 12.8 Å². The van der Waals surface area contributed by atoms with Gasteiger partial charge in [0, 0.05) is 5.92 Å². The fourth-order valence-corrected chi connectivity index (χ4v) is 4.23. The number of rotatable bonds is 10. The summed E-state index contributed by atoms with van der Waals surface area (Å²) in [5, 5.41) is 0. The van der Waals surface area contributed by atoms with Gasteiger partial charge in [-0.15, -0.1) is 0 Å². The van der Waals surface area contributed by atoms with Crippen molar-refractivity contribution in [3.63, 3.8) is 0 Å². The molecule has 0 bridgehead atoms. The minimum Gasteiger partial charge on any atom is -0.0835 e. The first kappa shape index (κ1) is 22.6. The van der Waals surface area contributed by atoms with E-state index in [0.29, 0.717) is 5.92 Å². The molecule has 0 saturated carbocycles. The molecule has 0 heterocycles. The van der Waals surface area contributed by atoms with Crippen LogP contribution in [0.4, 0.5) is 0 Å². The second-order valence-electron chi connectivity index (χ2n) is 8.54. The third-order valence-corrected chi connectivity index (χ3v) is 6.02. The van der Waals surface area contributed by atoms with Crippen LogP contribution >= 0.6 is 0 Å². The standard InChI is InChI=1S/C33H32/c1-5-14-28(15-6-1)20-13-23-33(32-21-11-4-12-22-32)27-31(26-30-18-9-3-10-19-30)25-24-29-16-7-2-8-17-29/h1-19,21-23,26,33H,20,24-25,27H2. The summed E-state index contributed by atoms with van der Waals surface area (Å²) in [6.07, 6.45) is 11.3. The van der Waals surface area contributed by atoms with Gasteiger partial charge in [-0.05, 0) is 47.9 Å². The number of allylic oxidation sites excluding steroid dienone is 3. The van der Waals surface area contributed by atoms with Gasteiger partial charge in [-0.2, -0.15) is 0 Å². The van der Waals surface area contributed by atoms with Gasteiger partial charge in [0.2, 0.25) is 0 Å². The maximum Gasteiger partial charge on any atom is 0.00553 e. The molecular formula is C33H32. The maximum absolute atomic E-state index is 2.41. The SMILES string of the molecule is C(=CC(CC(=Cc1ccccc1)CCc1ccccc1)c1ccccc1)Cc1ccccc1. The van der Waals surface area contributed by atoms with E-state index in [1.165, 1.54) is 27.8 Å². The molecule has 4 aromatic rings. The molecule has 164 valence electrons. The molecule has 0 aliphatic heterocycles. The van der Waals surface area contributed by atoms with Crippen LogP contribution in [0, 0.1) is 0 Å². The lowest BCUT2D eigenvalue weighted by molar-refractivity contribution is 0.774. The van der Waals surface area contributed by atoms with Gasteiger partial charge in [0.15, 0.2) is 0 Å². The Morgan fingerprint density at radius 3 is 1.79 bits per heavy atom. The zero-order chi connectivity index (χ0) is 22.6. The van der Waals surface area contributed by atoms with Crippen molar-refractivity contribution < 1.29 is 0 Å². The van der Waals surface area contributed by atoms with E-state index >= 15 is 0 Å². The molecule has 0 amide bonds. The first-order valence-corrected chi connectivity index (χ1v) is 11.9. The third-order valence-electron chi connectivity index (χ3n) is 6.02. The Bertz CT molecular complexity index is 1120. The van der Waals surface area contributed by atoms with Gasteiger partial charge in [0.05, 0.1) is 0 Å². The first-order valence-electron chi connectivity index (χ1n) is 11.9. The molecule has 4 aromatic carbocycles. The van der Waals surface area contributed by atoms with Crippen LogP contribution in [0.5, 0.6) is 0 Å². The number of aryl methyl sites for hydroxylation is 1. The highest BCUT2D eigenvalue weighted by Crippen LogP contribution is 2.29. The molecule has 0 heteroatoms. The van der Waals surface area contributed by atoms with Gasteiger partial charge in [0.25, 0.3) is 0 Å². The zero-order valence-corrected chi connectivity index (χ0v) is 19.2. The fraction of sp³-hybridized carbons (Fsp3) is 0.152. The Hall–Kier alpha value is -3.64. The number of hydrogen-bond donors (Lipinski definition) is 0. The smallest absolute Gasteiger partial charge is 0.00553 e. The lowest BCUT2D eigenvalue weighted by atomic mass is 9.88. The van der Waals surface area contributed by atoms with Gasteiger partial charge in [-0.25, -0.2) is 0 Å². The minimum atomic E-state index is 0.362.